The van der Waals surface area contributed by atoms with Crippen molar-refractivity contribution in [2.24, 2.45) is 0 Å². The van der Waals surface area contributed by atoms with Crippen molar-refractivity contribution in [3.63, 3.8) is 0 Å². The van der Waals surface area contributed by atoms with Crippen LogP contribution in [0.4, 0.5) is 5.69 Å². The lowest BCUT2D eigenvalue weighted by atomic mass is 10.1. The highest BCUT2D eigenvalue weighted by Gasteiger charge is 2.07. The Morgan fingerprint density at radius 1 is 1.00 bits per heavy atom. The SMILES string of the molecule is O=c1[nH]c2ccccc2cc1CNc1c(Cl)cccc1Cl. The Morgan fingerprint density at radius 2 is 1.71 bits per heavy atom. The number of benzene rings is 2. The summed E-state index contributed by atoms with van der Waals surface area (Å²) < 4.78 is 0. The summed E-state index contributed by atoms with van der Waals surface area (Å²) in [7, 11) is 0. The average molecular weight is 319 g/mol. The summed E-state index contributed by atoms with van der Waals surface area (Å²) in [4.78, 5) is 14.9. The second kappa shape index (κ2) is 5.80. The molecule has 0 saturated heterocycles. The topological polar surface area (TPSA) is 44.9 Å². The monoisotopic (exact) mass is 318 g/mol. The number of para-hydroxylation sites is 2. The van der Waals surface area contributed by atoms with Crippen molar-refractivity contribution in [2.75, 3.05) is 5.32 Å². The molecule has 0 bridgehead atoms. The number of aromatic nitrogens is 1. The van der Waals surface area contributed by atoms with E-state index < -0.39 is 0 Å². The van der Waals surface area contributed by atoms with Crippen LogP contribution >= 0.6 is 23.2 Å². The second-order valence-electron chi connectivity index (χ2n) is 4.66. The van der Waals surface area contributed by atoms with E-state index in [1.165, 1.54) is 0 Å². The molecule has 0 radical (unpaired) electrons. The van der Waals surface area contributed by atoms with Crippen LogP contribution in [0.2, 0.25) is 10.0 Å². The molecular weight excluding hydrogens is 307 g/mol. The number of aromatic amines is 1. The summed E-state index contributed by atoms with van der Waals surface area (Å²) in [5.74, 6) is 0. The van der Waals surface area contributed by atoms with Crippen molar-refractivity contribution in [3.05, 3.63) is 74.5 Å². The summed E-state index contributed by atoms with van der Waals surface area (Å²) in [6.45, 7) is 0.351. The highest BCUT2D eigenvalue weighted by Crippen LogP contribution is 2.30. The molecule has 0 amide bonds. The molecule has 0 unspecified atom stereocenters. The summed E-state index contributed by atoms with van der Waals surface area (Å²) in [6.07, 6.45) is 0. The zero-order valence-electron chi connectivity index (χ0n) is 11.0. The molecule has 106 valence electrons. The van der Waals surface area contributed by atoms with Crippen LogP contribution in [0.5, 0.6) is 0 Å². The van der Waals surface area contributed by atoms with Crippen molar-refractivity contribution in [3.8, 4) is 0 Å². The molecule has 1 heterocycles. The molecule has 2 aromatic carbocycles. The molecule has 3 rings (SSSR count). The van der Waals surface area contributed by atoms with Gasteiger partial charge in [-0.15, -0.1) is 0 Å². The maximum Gasteiger partial charge on any atom is 0.253 e. The van der Waals surface area contributed by atoms with Crippen molar-refractivity contribution >= 4 is 39.8 Å². The standard InChI is InChI=1S/C16H12Cl2N2O/c17-12-5-3-6-13(18)15(12)19-9-11-8-10-4-1-2-7-14(10)20-16(11)21/h1-8,19H,9H2,(H,20,21). The molecule has 0 aliphatic rings. The molecule has 0 aliphatic heterocycles. The van der Waals surface area contributed by atoms with Gasteiger partial charge in [0.1, 0.15) is 0 Å². The van der Waals surface area contributed by atoms with Gasteiger partial charge in [-0.2, -0.15) is 0 Å². The largest absolute Gasteiger partial charge is 0.378 e. The van der Waals surface area contributed by atoms with Gasteiger partial charge in [-0.1, -0.05) is 47.5 Å². The Kier molecular flexibility index (Phi) is 3.86. The molecule has 3 nitrogen and oxygen atoms in total. The van der Waals surface area contributed by atoms with Crippen molar-refractivity contribution in [2.45, 2.75) is 6.54 Å². The Labute approximate surface area is 131 Å². The molecule has 0 aliphatic carbocycles. The Morgan fingerprint density at radius 3 is 2.48 bits per heavy atom. The number of nitrogens with one attached hydrogen (secondary N) is 2. The number of hydrogen-bond acceptors (Lipinski definition) is 2. The highest BCUT2D eigenvalue weighted by molar-refractivity contribution is 6.39. The minimum atomic E-state index is -0.121. The van der Waals surface area contributed by atoms with Crippen molar-refractivity contribution in [1.82, 2.24) is 4.98 Å². The number of anilines is 1. The first-order valence-corrected chi connectivity index (χ1v) is 7.19. The van der Waals surface area contributed by atoms with E-state index in [4.69, 9.17) is 23.2 Å². The molecule has 5 heteroatoms. The van der Waals surface area contributed by atoms with Gasteiger partial charge in [0.15, 0.2) is 0 Å². The number of rotatable bonds is 3. The van der Waals surface area contributed by atoms with Gasteiger partial charge in [-0.25, -0.2) is 0 Å². The van der Waals surface area contributed by atoms with E-state index in [0.717, 1.165) is 10.9 Å². The quantitative estimate of drug-likeness (QED) is 0.749. The molecule has 0 spiro atoms. The van der Waals surface area contributed by atoms with Crippen LogP contribution in [0, 0.1) is 0 Å². The number of pyridine rings is 1. The van der Waals surface area contributed by atoms with Gasteiger partial charge in [0.2, 0.25) is 0 Å². The van der Waals surface area contributed by atoms with E-state index in [1.807, 2.05) is 30.3 Å². The third-order valence-corrected chi connectivity index (χ3v) is 3.88. The van der Waals surface area contributed by atoms with Crippen molar-refractivity contribution < 1.29 is 0 Å². The van der Waals surface area contributed by atoms with Crippen LogP contribution in [-0.4, -0.2) is 4.98 Å². The molecule has 0 saturated carbocycles. The molecule has 0 atom stereocenters. The van der Waals surface area contributed by atoms with E-state index in [-0.39, 0.29) is 5.56 Å². The Balaban J connectivity index is 1.92. The van der Waals surface area contributed by atoms with Gasteiger partial charge in [-0.05, 0) is 29.7 Å². The van der Waals surface area contributed by atoms with Crippen LogP contribution in [0.3, 0.4) is 0 Å². The Bertz CT molecular complexity index is 838. The predicted octanol–water partition coefficient (Wildman–Crippen LogP) is 4.45. The van der Waals surface area contributed by atoms with E-state index in [2.05, 4.69) is 10.3 Å². The highest BCUT2D eigenvalue weighted by atomic mass is 35.5. The lowest BCUT2D eigenvalue weighted by Gasteiger charge is -2.10. The van der Waals surface area contributed by atoms with Crippen molar-refractivity contribution in [1.29, 1.82) is 0 Å². The molecule has 0 fully saturated rings. The predicted molar refractivity (Wildman–Crippen MR) is 88.4 cm³/mol. The van der Waals surface area contributed by atoms with E-state index in [9.17, 15) is 4.79 Å². The first-order chi connectivity index (χ1) is 10.1. The van der Waals surface area contributed by atoms with Crippen LogP contribution in [0.25, 0.3) is 10.9 Å². The Hall–Kier alpha value is -1.97. The normalized spacial score (nSPS) is 10.8. The maximum atomic E-state index is 12.1. The molecule has 3 aromatic rings. The molecule has 2 N–H and O–H groups in total. The van der Waals surface area contributed by atoms with Crippen LogP contribution in [0.1, 0.15) is 5.56 Å². The first kappa shape index (κ1) is 14.0. The van der Waals surface area contributed by atoms with Crippen LogP contribution < -0.4 is 10.9 Å². The lowest BCUT2D eigenvalue weighted by Crippen LogP contribution is -2.15. The number of H-pyrrole nitrogens is 1. The van der Waals surface area contributed by atoms with Gasteiger partial charge in [-0.3, -0.25) is 4.79 Å². The van der Waals surface area contributed by atoms with Gasteiger partial charge in [0, 0.05) is 17.6 Å². The minimum Gasteiger partial charge on any atom is -0.378 e. The zero-order valence-corrected chi connectivity index (χ0v) is 12.5. The van der Waals surface area contributed by atoms with E-state index in [0.29, 0.717) is 27.8 Å². The van der Waals surface area contributed by atoms with Gasteiger partial charge < -0.3 is 10.3 Å². The van der Waals surface area contributed by atoms with Gasteiger partial charge >= 0.3 is 0 Å². The molecular formula is C16H12Cl2N2O. The fourth-order valence-corrected chi connectivity index (χ4v) is 2.71. The van der Waals surface area contributed by atoms with Crippen LogP contribution in [0.15, 0.2) is 53.3 Å². The number of fused-ring (bicyclic) bond motifs is 1. The third-order valence-electron chi connectivity index (χ3n) is 3.25. The zero-order chi connectivity index (χ0) is 14.8. The van der Waals surface area contributed by atoms with Crippen LogP contribution in [-0.2, 0) is 6.54 Å². The maximum absolute atomic E-state index is 12.1. The fourth-order valence-electron chi connectivity index (χ4n) is 2.17. The smallest absolute Gasteiger partial charge is 0.253 e. The average Bonchev–Trinajstić information content (AvgIpc) is 2.47. The van der Waals surface area contributed by atoms with E-state index in [1.54, 1.807) is 18.2 Å². The summed E-state index contributed by atoms with van der Waals surface area (Å²) in [6, 6.07) is 14.8. The minimum absolute atomic E-state index is 0.121. The molecule has 1 aromatic heterocycles. The third kappa shape index (κ3) is 2.89. The van der Waals surface area contributed by atoms with Gasteiger partial charge in [0.25, 0.3) is 5.56 Å². The number of hydrogen-bond donors (Lipinski definition) is 2. The summed E-state index contributed by atoms with van der Waals surface area (Å²) in [5, 5.41) is 5.16. The summed E-state index contributed by atoms with van der Waals surface area (Å²) >= 11 is 12.2. The first-order valence-electron chi connectivity index (χ1n) is 6.44. The van der Waals surface area contributed by atoms with E-state index >= 15 is 0 Å². The fraction of sp³-hybridized carbons (Fsp3) is 0.0625. The van der Waals surface area contributed by atoms with Gasteiger partial charge in [0.05, 0.1) is 15.7 Å². The lowest BCUT2D eigenvalue weighted by molar-refractivity contribution is 1.09. The molecule has 21 heavy (non-hydrogen) atoms. The number of halogens is 2. The summed E-state index contributed by atoms with van der Waals surface area (Å²) in [5.41, 5.74) is 1.96. The second-order valence-corrected chi connectivity index (χ2v) is 5.48.